The van der Waals surface area contributed by atoms with E-state index in [1.165, 1.54) is 11.6 Å². The van der Waals surface area contributed by atoms with Crippen molar-refractivity contribution < 1.29 is 22.8 Å². The summed E-state index contributed by atoms with van der Waals surface area (Å²) in [7, 11) is 0. The molecule has 0 fully saturated rings. The van der Waals surface area contributed by atoms with Crippen molar-refractivity contribution in [2.24, 2.45) is 0 Å². The zero-order valence-corrected chi connectivity index (χ0v) is 20.4. The number of imide groups is 1. The van der Waals surface area contributed by atoms with Gasteiger partial charge in [0.2, 0.25) is 0 Å². The third-order valence-corrected chi connectivity index (χ3v) is 7.26. The predicted octanol–water partition coefficient (Wildman–Crippen LogP) is 5.49. The van der Waals surface area contributed by atoms with Crippen LogP contribution in [-0.4, -0.2) is 29.4 Å². The molecule has 0 spiro atoms. The van der Waals surface area contributed by atoms with Crippen molar-refractivity contribution in [2.45, 2.75) is 44.8 Å². The standard InChI is InChI=1S/C29H24F3N3O2/c1-28(2)22-12-6-10-19-11-7-15-34(25(19)22)23(28)14-13-20-24(29(30,31)32)21(16-33)27(37)35(26(20)36)17-18-8-4-3-5-9-18/h3-6,8-10,12-14H,7,11,15,17H2,1-2H3. The highest BCUT2D eigenvalue weighted by atomic mass is 19.4. The highest BCUT2D eigenvalue weighted by Crippen LogP contribution is 2.51. The Morgan fingerprint density at radius 2 is 1.76 bits per heavy atom. The first kappa shape index (κ1) is 24.6. The molecule has 0 aliphatic carbocycles. The smallest absolute Gasteiger partial charge is 0.344 e. The number of allylic oxidation sites excluding steroid dienone is 3. The van der Waals surface area contributed by atoms with Crippen LogP contribution in [0, 0.1) is 11.3 Å². The molecule has 0 aromatic heterocycles. The molecule has 2 amide bonds. The number of hydrogen-bond donors (Lipinski definition) is 0. The first-order valence-corrected chi connectivity index (χ1v) is 12.0. The summed E-state index contributed by atoms with van der Waals surface area (Å²) in [5.74, 6) is -2.33. The molecule has 2 aromatic carbocycles. The van der Waals surface area contributed by atoms with E-state index in [0.717, 1.165) is 35.9 Å². The summed E-state index contributed by atoms with van der Waals surface area (Å²) >= 11 is 0. The number of amides is 2. The van der Waals surface area contributed by atoms with Crippen LogP contribution in [0.1, 0.15) is 37.0 Å². The maximum absolute atomic E-state index is 14.2. The number of para-hydroxylation sites is 1. The Bertz CT molecular complexity index is 1440. The second-order valence-corrected chi connectivity index (χ2v) is 9.87. The zero-order valence-electron chi connectivity index (χ0n) is 20.4. The minimum atomic E-state index is -5.06. The monoisotopic (exact) mass is 503 g/mol. The van der Waals surface area contributed by atoms with Crippen LogP contribution < -0.4 is 4.90 Å². The van der Waals surface area contributed by atoms with Crippen LogP contribution in [0.15, 0.2) is 83.1 Å². The number of benzene rings is 2. The fourth-order valence-electron chi connectivity index (χ4n) is 5.52. The van der Waals surface area contributed by atoms with Gasteiger partial charge in [0.25, 0.3) is 11.8 Å². The van der Waals surface area contributed by atoms with Crippen molar-refractivity contribution >= 4 is 17.5 Å². The second kappa shape index (κ2) is 8.77. The van der Waals surface area contributed by atoms with Gasteiger partial charge in [-0.1, -0.05) is 62.4 Å². The average molecular weight is 504 g/mol. The van der Waals surface area contributed by atoms with Crippen molar-refractivity contribution in [3.05, 3.63) is 99.8 Å². The van der Waals surface area contributed by atoms with Crippen LogP contribution in [0.3, 0.4) is 0 Å². The fraction of sp³-hybridized carbons (Fsp3) is 0.276. The minimum Gasteiger partial charge on any atom is -0.344 e. The van der Waals surface area contributed by atoms with Gasteiger partial charge in [-0.3, -0.25) is 14.5 Å². The molecular weight excluding hydrogens is 479 g/mol. The van der Waals surface area contributed by atoms with Crippen molar-refractivity contribution in [3.63, 3.8) is 0 Å². The van der Waals surface area contributed by atoms with Gasteiger partial charge in [-0.25, -0.2) is 0 Å². The first-order valence-electron chi connectivity index (χ1n) is 12.0. The van der Waals surface area contributed by atoms with E-state index in [4.69, 9.17) is 0 Å². The average Bonchev–Trinajstić information content (AvgIpc) is 3.08. The molecule has 0 N–H and O–H groups in total. The number of anilines is 1. The number of nitriles is 1. The molecule has 0 bridgehead atoms. The van der Waals surface area contributed by atoms with E-state index in [1.54, 1.807) is 36.4 Å². The van der Waals surface area contributed by atoms with Crippen LogP contribution in [0.5, 0.6) is 0 Å². The molecule has 3 heterocycles. The Labute approximate surface area is 212 Å². The summed E-state index contributed by atoms with van der Waals surface area (Å²) in [6.45, 7) is 4.47. The number of halogens is 3. The molecule has 0 unspecified atom stereocenters. The van der Waals surface area contributed by atoms with E-state index in [2.05, 4.69) is 11.0 Å². The number of carbonyl (C=O) groups excluding carboxylic acids is 2. The molecular formula is C29H24F3N3O2. The van der Waals surface area contributed by atoms with Gasteiger partial charge in [-0.2, -0.15) is 18.4 Å². The Balaban J connectivity index is 1.66. The molecule has 0 saturated heterocycles. The molecule has 2 aromatic rings. The number of aryl methyl sites for hydroxylation is 1. The zero-order chi connectivity index (χ0) is 26.5. The highest BCUT2D eigenvalue weighted by Gasteiger charge is 2.49. The Morgan fingerprint density at radius 3 is 2.43 bits per heavy atom. The van der Waals surface area contributed by atoms with Crippen molar-refractivity contribution in [1.29, 1.82) is 5.26 Å². The van der Waals surface area contributed by atoms with Gasteiger partial charge in [0.05, 0.1) is 17.7 Å². The van der Waals surface area contributed by atoms with Gasteiger partial charge < -0.3 is 4.90 Å². The summed E-state index contributed by atoms with van der Waals surface area (Å²) in [6.07, 6.45) is -0.577. The van der Waals surface area contributed by atoms with Gasteiger partial charge >= 0.3 is 6.18 Å². The van der Waals surface area contributed by atoms with Crippen LogP contribution in [0.2, 0.25) is 0 Å². The lowest BCUT2D eigenvalue weighted by Gasteiger charge is -2.31. The van der Waals surface area contributed by atoms with E-state index >= 15 is 0 Å². The maximum atomic E-state index is 14.2. The Kier molecular flexibility index (Phi) is 5.82. The third kappa shape index (κ3) is 3.95. The van der Waals surface area contributed by atoms with Crippen LogP contribution in [-0.2, 0) is 28.0 Å². The van der Waals surface area contributed by atoms with Gasteiger partial charge in [-0.15, -0.1) is 0 Å². The number of hydrogen-bond acceptors (Lipinski definition) is 4. The predicted molar refractivity (Wildman–Crippen MR) is 132 cm³/mol. The van der Waals surface area contributed by atoms with Crippen molar-refractivity contribution in [1.82, 2.24) is 4.90 Å². The first-order chi connectivity index (χ1) is 17.6. The third-order valence-electron chi connectivity index (χ3n) is 7.26. The van der Waals surface area contributed by atoms with Gasteiger partial charge in [-0.05, 0) is 41.7 Å². The summed E-state index contributed by atoms with van der Waals surface area (Å²) < 4.78 is 42.6. The van der Waals surface area contributed by atoms with E-state index in [9.17, 15) is 28.0 Å². The van der Waals surface area contributed by atoms with Crippen molar-refractivity contribution in [2.75, 3.05) is 11.4 Å². The summed E-state index contributed by atoms with van der Waals surface area (Å²) in [4.78, 5) is 29.1. The van der Waals surface area contributed by atoms with Gasteiger partial charge in [0, 0.05) is 23.3 Å². The molecule has 8 heteroatoms. The lowest BCUT2D eigenvalue weighted by atomic mass is 9.82. The number of alkyl halides is 3. The normalized spacial score (nSPS) is 21.1. The molecule has 0 saturated carbocycles. The van der Waals surface area contributed by atoms with Crippen LogP contribution >= 0.6 is 0 Å². The molecule has 37 heavy (non-hydrogen) atoms. The fourth-order valence-corrected chi connectivity index (χ4v) is 5.52. The molecule has 5 nitrogen and oxygen atoms in total. The molecule has 5 rings (SSSR count). The SMILES string of the molecule is CC1(C)C(=CC=C2C(=O)N(Cc3ccccc3)C(=O)C(C#N)=C2C(F)(F)F)N2CCCc3cccc1c32. The van der Waals surface area contributed by atoms with E-state index < -0.39 is 40.1 Å². The lowest BCUT2D eigenvalue weighted by Crippen LogP contribution is -2.44. The lowest BCUT2D eigenvalue weighted by molar-refractivity contribution is -0.144. The Hall–Kier alpha value is -4.12. The topological polar surface area (TPSA) is 64.4 Å². The molecule has 0 radical (unpaired) electrons. The number of rotatable bonds is 3. The van der Waals surface area contributed by atoms with Crippen LogP contribution in [0.4, 0.5) is 18.9 Å². The van der Waals surface area contributed by atoms with Crippen molar-refractivity contribution in [3.8, 4) is 6.07 Å². The minimum absolute atomic E-state index is 0.241. The molecule has 188 valence electrons. The highest BCUT2D eigenvalue weighted by molar-refractivity contribution is 6.18. The summed E-state index contributed by atoms with van der Waals surface area (Å²) in [6, 6.07) is 15.9. The van der Waals surface area contributed by atoms with Gasteiger partial charge in [0.15, 0.2) is 0 Å². The van der Waals surface area contributed by atoms with E-state index in [1.807, 2.05) is 26.0 Å². The molecule has 3 aliphatic heterocycles. The van der Waals surface area contributed by atoms with E-state index in [-0.39, 0.29) is 6.54 Å². The molecule has 0 atom stereocenters. The largest absolute Gasteiger partial charge is 0.418 e. The quantitative estimate of drug-likeness (QED) is 0.410. The second-order valence-electron chi connectivity index (χ2n) is 9.87. The summed E-state index contributed by atoms with van der Waals surface area (Å²) in [5, 5.41) is 9.56. The van der Waals surface area contributed by atoms with Crippen LogP contribution in [0.25, 0.3) is 0 Å². The number of nitrogens with zero attached hydrogens (tertiary/aromatic N) is 3. The molecule has 3 aliphatic rings. The summed E-state index contributed by atoms with van der Waals surface area (Å²) in [5.41, 5.74) is 0.868. The van der Waals surface area contributed by atoms with E-state index in [0.29, 0.717) is 17.0 Å². The number of carbonyl (C=O) groups is 2. The maximum Gasteiger partial charge on any atom is 0.418 e. The Morgan fingerprint density at radius 1 is 1.03 bits per heavy atom. The van der Waals surface area contributed by atoms with Gasteiger partial charge in [0.1, 0.15) is 11.6 Å².